The van der Waals surface area contributed by atoms with Gasteiger partial charge in [-0.1, -0.05) is 6.08 Å². The number of allylic oxidation sites excluding steroid dienone is 2. The van der Waals surface area contributed by atoms with E-state index in [0.717, 1.165) is 48.3 Å². The predicted octanol–water partition coefficient (Wildman–Crippen LogP) is 2.45. The highest BCUT2D eigenvalue weighted by Crippen LogP contribution is 2.29. The van der Waals surface area contributed by atoms with Crippen LogP contribution >= 0.6 is 0 Å². The van der Waals surface area contributed by atoms with Gasteiger partial charge < -0.3 is 16.0 Å². The van der Waals surface area contributed by atoms with E-state index in [-0.39, 0.29) is 11.8 Å². The Morgan fingerprint density at radius 2 is 1.97 bits per heavy atom. The normalized spacial score (nSPS) is 15.2. The minimum Gasteiger partial charge on any atom is -0.397 e. The summed E-state index contributed by atoms with van der Waals surface area (Å²) in [5, 5.41) is 10.0. The number of pyridine rings is 2. The summed E-state index contributed by atoms with van der Waals surface area (Å²) in [6.45, 7) is 1.54. The summed E-state index contributed by atoms with van der Waals surface area (Å²) in [6.07, 6.45) is 10.2. The topological polar surface area (TPSA) is 130 Å². The molecule has 0 unspecified atom stereocenters. The lowest BCUT2D eigenvalue weighted by Gasteiger charge is -2.15. The number of amides is 2. The van der Waals surface area contributed by atoms with E-state index in [0.29, 0.717) is 35.6 Å². The Morgan fingerprint density at radius 1 is 1.12 bits per heavy atom. The number of nitrogens with zero attached hydrogens (tertiary/aromatic N) is 4. The largest absolute Gasteiger partial charge is 0.397 e. The quantitative estimate of drug-likeness (QED) is 0.584. The minimum atomic E-state index is -0.324. The number of H-pyrrole nitrogens is 1. The van der Waals surface area contributed by atoms with E-state index in [9.17, 15) is 9.59 Å². The van der Waals surface area contributed by atoms with E-state index < -0.39 is 0 Å². The van der Waals surface area contributed by atoms with Crippen molar-refractivity contribution in [2.75, 3.05) is 24.1 Å². The number of anilines is 2. The molecule has 2 aliphatic rings. The van der Waals surface area contributed by atoms with E-state index in [1.807, 2.05) is 6.07 Å². The van der Waals surface area contributed by atoms with Crippen molar-refractivity contribution in [3.63, 3.8) is 0 Å². The Morgan fingerprint density at radius 3 is 2.72 bits per heavy atom. The molecule has 0 aromatic carbocycles. The van der Waals surface area contributed by atoms with Crippen molar-refractivity contribution in [2.24, 2.45) is 0 Å². The Kier molecular flexibility index (Phi) is 5.14. The summed E-state index contributed by atoms with van der Waals surface area (Å²) in [5.74, 6) is -0.396. The molecule has 0 saturated carbocycles. The summed E-state index contributed by atoms with van der Waals surface area (Å²) >= 11 is 0. The number of likely N-dealkylation sites (tertiary alicyclic amines) is 1. The molecule has 1 fully saturated rings. The van der Waals surface area contributed by atoms with Gasteiger partial charge in [-0.3, -0.25) is 19.7 Å². The number of carbonyl (C=O) groups excluding carboxylic acids is 2. The molecule has 4 heterocycles. The molecule has 5 rings (SSSR count). The number of hydrogen-bond acceptors (Lipinski definition) is 6. The highest BCUT2D eigenvalue weighted by Gasteiger charge is 2.24. The average Bonchev–Trinajstić information content (AvgIpc) is 3.49. The molecule has 0 spiro atoms. The lowest BCUT2D eigenvalue weighted by atomic mass is 9.91. The minimum absolute atomic E-state index is 0.0721. The molecule has 32 heavy (non-hydrogen) atoms. The Balaban J connectivity index is 1.29. The van der Waals surface area contributed by atoms with Crippen LogP contribution in [-0.2, 0) is 12.8 Å². The number of hydrogen-bond donors (Lipinski definition) is 3. The molecule has 3 aromatic heterocycles. The number of carbonyl (C=O) groups is 2. The predicted molar refractivity (Wildman–Crippen MR) is 120 cm³/mol. The van der Waals surface area contributed by atoms with E-state index >= 15 is 0 Å². The number of nitrogens with two attached hydrogens (primary N) is 1. The smallest absolute Gasteiger partial charge is 0.276 e. The Bertz CT molecular complexity index is 1210. The van der Waals surface area contributed by atoms with Gasteiger partial charge in [0.05, 0.1) is 17.6 Å². The molecule has 0 atom stereocenters. The van der Waals surface area contributed by atoms with Crippen LogP contribution in [0.3, 0.4) is 0 Å². The average molecular weight is 429 g/mol. The van der Waals surface area contributed by atoms with Crippen LogP contribution in [0.2, 0.25) is 0 Å². The first-order valence-electron chi connectivity index (χ1n) is 10.6. The van der Waals surface area contributed by atoms with Gasteiger partial charge in [-0.25, -0.2) is 4.98 Å². The van der Waals surface area contributed by atoms with Gasteiger partial charge in [-0.05, 0) is 42.2 Å². The maximum atomic E-state index is 12.9. The third-order valence-corrected chi connectivity index (χ3v) is 5.85. The molecule has 1 aliphatic heterocycles. The fraction of sp³-hybridized carbons (Fsp3) is 0.261. The lowest BCUT2D eigenvalue weighted by Crippen LogP contribution is -2.28. The van der Waals surface area contributed by atoms with Gasteiger partial charge in [0.25, 0.3) is 11.8 Å². The van der Waals surface area contributed by atoms with Gasteiger partial charge in [-0.15, -0.1) is 0 Å². The van der Waals surface area contributed by atoms with Crippen LogP contribution in [0.15, 0.2) is 42.9 Å². The molecule has 162 valence electrons. The van der Waals surface area contributed by atoms with Crippen molar-refractivity contribution in [3.8, 4) is 0 Å². The third kappa shape index (κ3) is 3.84. The van der Waals surface area contributed by atoms with Crippen molar-refractivity contribution in [2.45, 2.75) is 25.7 Å². The van der Waals surface area contributed by atoms with E-state index in [1.54, 1.807) is 29.4 Å². The second-order valence-electron chi connectivity index (χ2n) is 8.03. The number of nitrogen functional groups attached to an aromatic ring is 1. The van der Waals surface area contributed by atoms with Crippen LogP contribution in [0, 0.1) is 0 Å². The van der Waals surface area contributed by atoms with Crippen LogP contribution in [0.25, 0.3) is 5.57 Å². The van der Waals surface area contributed by atoms with Crippen LogP contribution in [0.4, 0.5) is 11.4 Å². The molecule has 1 saturated heterocycles. The van der Waals surface area contributed by atoms with Crippen molar-refractivity contribution in [1.82, 2.24) is 25.1 Å². The molecule has 9 nitrogen and oxygen atoms in total. The second-order valence-corrected chi connectivity index (χ2v) is 8.03. The summed E-state index contributed by atoms with van der Waals surface area (Å²) in [6, 6.07) is 5.21. The zero-order valence-corrected chi connectivity index (χ0v) is 17.5. The van der Waals surface area contributed by atoms with E-state index in [1.165, 1.54) is 6.20 Å². The molecule has 4 N–H and O–H groups in total. The van der Waals surface area contributed by atoms with Gasteiger partial charge in [0, 0.05) is 49.6 Å². The zero-order valence-electron chi connectivity index (χ0n) is 17.5. The highest BCUT2D eigenvalue weighted by atomic mass is 16.2. The highest BCUT2D eigenvalue weighted by molar-refractivity contribution is 6.04. The number of rotatable bonds is 4. The third-order valence-electron chi connectivity index (χ3n) is 5.85. The number of aromatic nitrogens is 4. The summed E-state index contributed by atoms with van der Waals surface area (Å²) in [4.78, 5) is 35.6. The van der Waals surface area contributed by atoms with E-state index in [2.05, 4.69) is 31.6 Å². The molecular formula is C23H23N7O2. The van der Waals surface area contributed by atoms with E-state index in [4.69, 9.17) is 5.73 Å². The Labute approximate surface area is 184 Å². The summed E-state index contributed by atoms with van der Waals surface area (Å²) in [5.41, 5.74) is 11.5. The van der Waals surface area contributed by atoms with Gasteiger partial charge in [0.15, 0.2) is 5.69 Å². The van der Waals surface area contributed by atoms with Crippen LogP contribution in [0.5, 0.6) is 0 Å². The molecule has 0 bridgehead atoms. The van der Waals surface area contributed by atoms with Crippen molar-refractivity contribution in [3.05, 3.63) is 71.1 Å². The number of nitrogens with one attached hydrogen (secondary N) is 2. The SMILES string of the molecule is Nc1cncc(C2=CCc3[nH]nc(C(=O)Nc4ccc(C(=O)N5CCCC5)nc4)c3C2)c1. The molecule has 0 radical (unpaired) electrons. The zero-order chi connectivity index (χ0) is 22.1. The maximum Gasteiger partial charge on any atom is 0.276 e. The van der Waals surface area contributed by atoms with Crippen molar-refractivity contribution < 1.29 is 9.59 Å². The van der Waals surface area contributed by atoms with Crippen LogP contribution < -0.4 is 11.1 Å². The Hall–Kier alpha value is -4.01. The fourth-order valence-corrected chi connectivity index (χ4v) is 4.16. The van der Waals surface area contributed by atoms with Gasteiger partial charge in [0.2, 0.25) is 0 Å². The number of fused-ring (bicyclic) bond motifs is 1. The lowest BCUT2D eigenvalue weighted by molar-refractivity contribution is 0.0787. The molecular weight excluding hydrogens is 406 g/mol. The first-order valence-corrected chi connectivity index (χ1v) is 10.6. The second kappa shape index (κ2) is 8.26. The maximum absolute atomic E-state index is 12.9. The monoisotopic (exact) mass is 429 g/mol. The van der Waals surface area contributed by atoms with Gasteiger partial charge in [-0.2, -0.15) is 5.10 Å². The van der Waals surface area contributed by atoms with Gasteiger partial charge in [0.1, 0.15) is 5.69 Å². The van der Waals surface area contributed by atoms with Gasteiger partial charge >= 0.3 is 0 Å². The standard InChI is InChI=1S/C23H23N7O2/c24-16-9-15(11-25-12-16)14-3-5-19-18(10-14)21(29-28-19)22(31)27-17-4-6-20(26-13-17)23(32)30-7-1-2-8-30/h3-4,6,9,11-13H,1-2,5,7-8,10,24H2,(H,27,31)(H,28,29). The number of aromatic amines is 1. The first kappa shape index (κ1) is 19.9. The van der Waals surface area contributed by atoms with Crippen molar-refractivity contribution in [1.29, 1.82) is 0 Å². The van der Waals surface area contributed by atoms with Crippen LogP contribution in [-0.4, -0.2) is 50.0 Å². The first-order chi connectivity index (χ1) is 15.6. The molecule has 1 aliphatic carbocycles. The summed E-state index contributed by atoms with van der Waals surface area (Å²) in [7, 11) is 0. The molecule has 2 amide bonds. The molecule has 9 heteroatoms. The van der Waals surface area contributed by atoms with Crippen LogP contribution in [0.1, 0.15) is 50.6 Å². The summed E-state index contributed by atoms with van der Waals surface area (Å²) < 4.78 is 0. The van der Waals surface area contributed by atoms with Crippen molar-refractivity contribution >= 4 is 28.8 Å². The fourth-order valence-electron chi connectivity index (χ4n) is 4.16. The molecule has 3 aromatic rings.